The Hall–Kier alpha value is -3.41. The predicted molar refractivity (Wildman–Crippen MR) is 152 cm³/mol. The van der Waals surface area contributed by atoms with E-state index < -0.39 is 0 Å². The van der Waals surface area contributed by atoms with Crippen molar-refractivity contribution >= 4 is 5.97 Å². The molecule has 2 rings (SSSR count). The second-order valence-electron chi connectivity index (χ2n) is 9.72. The van der Waals surface area contributed by atoms with E-state index in [1.807, 2.05) is 49.4 Å². The van der Waals surface area contributed by atoms with Crippen molar-refractivity contribution in [2.75, 3.05) is 26.9 Å². The van der Waals surface area contributed by atoms with E-state index in [2.05, 4.69) is 27.0 Å². The summed E-state index contributed by atoms with van der Waals surface area (Å²) in [5.41, 5.74) is 1.14. The highest BCUT2D eigenvalue weighted by Gasteiger charge is 2.13. The molecule has 0 bridgehead atoms. The lowest BCUT2D eigenvalue weighted by atomic mass is 9.97. The molecule has 2 aromatic carbocycles. The summed E-state index contributed by atoms with van der Waals surface area (Å²) in [6.45, 7) is 15.6. The van der Waals surface area contributed by atoms with Gasteiger partial charge in [-0.15, -0.1) is 0 Å². The second-order valence-corrected chi connectivity index (χ2v) is 9.72. The maximum absolute atomic E-state index is 11.0. The summed E-state index contributed by atoms with van der Waals surface area (Å²) in [7, 11) is 1.66. The number of unbranched alkanes of at least 4 members (excludes halogenated alkanes) is 3. The first-order valence-electron chi connectivity index (χ1n) is 13.5. The molecule has 0 amide bonds. The third-order valence-electron chi connectivity index (χ3n) is 6.28. The van der Waals surface area contributed by atoms with Crippen molar-refractivity contribution < 1.29 is 28.5 Å². The summed E-state index contributed by atoms with van der Waals surface area (Å²) in [6.07, 6.45) is 6.97. The molecule has 2 unspecified atom stereocenters. The van der Waals surface area contributed by atoms with Gasteiger partial charge < -0.3 is 23.7 Å². The van der Waals surface area contributed by atoms with Gasteiger partial charge >= 0.3 is 5.97 Å². The van der Waals surface area contributed by atoms with Gasteiger partial charge in [-0.3, -0.25) is 0 Å². The molecule has 208 valence electrons. The molecule has 0 N–H and O–H groups in total. The SMILES string of the molecule is C=CC(=O)OCCCCCCOc1ccc(OC(=C)C(C)CCC(C)COc2ccc(C)cc2OC)cc1. The number of benzene rings is 2. The van der Waals surface area contributed by atoms with E-state index in [0.717, 1.165) is 72.8 Å². The number of aryl methyl sites for hydroxylation is 1. The average molecular weight is 525 g/mol. The first kappa shape index (κ1) is 30.8. The molecule has 0 aliphatic rings. The number of carbonyl (C=O) groups excluding carboxylic acids is 1. The van der Waals surface area contributed by atoms with Crippen LogP contribution in [0.4, 0.5) is 0 Å². The molecule has 38 heavy (non-hydrogen) atoms. The summed E-state index contributed by atoms with van der Waals surface area (Å²) < 4.78 is 28.2. The highest BCUT2D eigenvalue weighted by Crippen LogP contribution is 2.29. The van der Waals surface area contributed by atoms with Crippen LogP contribution in [0.2, 0.25) is 0 Å². The summed E-state index contributed by atoms with van der Waals surface area (Å²) in [5.74, 6) is 4.12. The fraction of sp³-hybridized carbons (Fsp3) is 0.469. The lowest BCUT2D eigenvalue weighted by Crippen LogP contribution is -2.12. The molecule has 0 aliphatic carbocycles. The number of rotatable bonds is 19. The topological polar surface area (TPSA) is 63.2 Å². The standard InChI is InChI=1S/C32H44O6/c1-7-32(33)36-21-11-9-8-10-20-35-28-15-17-29(18-16-28)38-27(5)26(4)14-12-25(3)23-37-30-19-13-24(2)22-31(30)34-6/h7,13,15-19,22,25-26H,1,5,8-12,14,20-21,23H2,2-4,6H3. The van der Waals surface area contributed by atoms with Gasteiger partial charge in [0.25, 0.3) is 0 Å². The Bertz CT molecular complexity index is 998. The Morgan fingerprint density at radius 3 is 2.26 bits per heavy atom. The van der Waals surface area contributed by atoms with Gasteiger partial charge in [-0.25, -0.2) is 4.79 Å². The Balaban J connectivity index is 1.62. The van der Waals surface area contributed by atoms with E-state index in [1.54, 1.807) is 7.11 Å². The van der Waals surface area contributed by atoms with Crippen LogP contribution >= 0.6 is 0 Å². The molecule has 0 radical (unpaired) electrons. The summed E-state index contributed by atoms with van der Waals surface area (Å²) in [6, 6.07) is 13.6. The Kier molecular flexibility index (Phi) is 13.9. The summed E-state index contributed by atoms with van der Waals surface area (Å²) in [5, 5.41) is 0. The average Bonchev–Trinajstić information content (AvgIpc) is 2.92. The van der Waals surface area contributed by atoms with Crippen LogP contribution in [0, 0.1) is 18.8 Å². The minimum Gasteiger partial charge on any atom is -0.494 e. The normalized spacial score (nSPS) is 12.2. The molecule has 6 heteroatoms. The third kappa shape index (κ3) is 11.8. The van der Waals surface area contributed by atoms with Crippen molar-refractivity contribution in [1.29, 1.82) is 0 Å². The van der Waals surface area contributed by atoms with Crippen molar-refractivity contribution in [3.8, 4) is 23.0 Å². The Morgan fingerprint density at radius 1 is 0.895 bits per heavy atom. The highest BCUT2D eigenvalue weighted by molar-refractivity contribution is 5.81. The lowest BCUT2D eigenvalue weighted by Gasteiger charge is -2.19. The van der Waals surface area contributed by atoms with E-state index in [-0.39, 0.29) is 11.9 Å². The van der Waals surface area contributed by atoms with Crippen molar-refractivity contribution in [1.82, 2.24) is 0 Å². The molecule has 0 saturated heterocycles. The van der Waals surface area contributed by atoms with Gasteiger partial charge in [-0.1, -0.05) is 33.1 Å². The van der Waals surface area contributed by atoms with Gasteiger partial charge in [-0.2, -0.15) is 0 Å². The van der Waals surface area contributed by atoms with Crippen LogP contribution in [0.3, 0.4) is 0 Å². The van der Waals surface area contributed by atoms with Crippen molar-refractivity contribution in [2.24, 2.45) is 11.8 Å². The van der Waals surface area contributed by atoms with Crippen molar-refractivity contribution in [3.63, 3.8) is 0 Å². The van der Waals surface area contributed by atoms with Crippen LogP contribution in [0.15, 0.2) is 67.5 Å². The third-order valence-corrected chi connectivity index (χ3v) is 6.28. The van der Waals surface area contributed by atoms with Gasteiger partial charge in [0.2, 0.25) is 0 Å². The van der Waals surface area contributed by atoms with Crippen LogP contribution in [-0.2, 0) is 9.53 Å². The molecule has 0 aromatic heterocycles. The van der Waals surface area contributed by atoms with Gasteiger partial charge in [0.1, 0.15) is 11.5 Å². The molecule has 2 aromatic rings. The van der Waals surface area contributed by atoms with E-state index in [0.29, 0.717) is 25.7 Å². The summed E-state index contributed by atoms with van der Waals surface area (Å²) in [4.78, 5) is 11.0. The van der Waals surface area contributed by atoms with Gasteiger partial charge in [0, 0.05) is 12.0 Å². The van der Waals surface area contributed by atoms with Crippen LogP contribution < -0.4 is 18.9 Å². The van der Waals surface area contributed by atoms with Crippen LogP contribution in [0.5, 0.6) is 23.0 Å². The Morgan fingerprint density at radius 2 is 1.58 bits per heavy atom. The fourth-order valence-electron chi connectivity index (χ4n) is 3.74. The minimum atomic E-state index is -0.366. The van der Waals surface area contributed by atoms with E-state index in [1.165, 1.54) is 6.08 Å². The number of methoxy groups -OCH3 is 1. The minimum absolute atomic E-state index is 0.225. The largest absolute Gasteiger partial charge is 0.494 e. The number of esters is 1. The zero-order valence-electron chi connectivity index (χ0n) is 23.5. The number of ether oxygens (including phenoxy) is 5. The molecule has 2 atom stereocenters. The smallest absolute Gasteiger partial charge is 0.330 e. The predicted octanol–water partition coefficient (Wildman–Crippen LogP) is 7.70. The highest BCUT2D eigenvalue weighted by atomic mass is 16.5. The molecule has 0 saturated carbocycles. The number of carbonyl (C=O) groups is 1. The number of allylic oxidation sites excluding steroid dienone is 1. The van der Waals surface area contributed by atoms with Crippen molar-refractivity contribution in [2.45, 2.75) is 59.3 Å². The quantitative estimate of drug-likeness (QED) is 0.0812. The maximum atomic E-state index is 11.0. The zero-order valence-corrected chi connectivity index (χ0v) is 23.5. The van der Waals surface area contributed by atoms with Gasteiger partial charge in [-0.05, 0) is 93.3 Å². The van der Waals surface area contributed by atoms with E-state index in [9.17, 15) is 4.79 Å². The molecule has 0 heterocycles. The maximum Gasteiger partial charge on any atom is 0.330 e. The van der Waals surface area contributed by atoms with Crippen LogP contribution in [-0.4, -0.2) is 32.9 Å². The Labute approximate surface area is 228 Å². The fourth-order valence-corrected chi connectivity index (χ4v) is 3.74. The van der Waals surface area contributed by atoms with E-state index >= 15 is 0 Å². The van der Waals surface area contributed by atoms with Gasteiger partial charge in [0.05, 0.1) is 32.7 Å². The monoisotopic (exact) mass is 524 g/mol. The molecule has 0 spiro atoms. The zero-order chi connectivity index (χ0) is 27.8. The molecular formula is C32H44O6. The summed E-state index contributed by atoms with van der Waals surface area (Å²) >= 11 is 0. The molecule has 0 aliphatic heterocycles. The van der Waals surface area contributed by atoms with Crippen molar-refractivity contribution in [3.05, 3.63) is 73.0 Å². The molecule has 6 nitrogen and oxygen atoms in total. The molecule has 0 fully saturated rings. The first-order chi connectivity index (χ1) is 18.3. The molecular weight excluding hydrogens is 480 g/mol. The number of hydrogen-bond donors (Lipinski definition) is 0. The lowest BCUT2D eigenvalue weighted by molar-refractivity contribution is -0.137. The van der Waals surface area contributed by atoms with Crippen LogP contribution in [0.1, 0.15) is 57.9 Å². The first-order valence-corrected chi connectivity index (χ1v) is 13.5. The van der Waals surface area contributed by atoms with Crippen LogP contribution in [0.25, 0.3) is 0 Å². The van der Waals surface area contributed by atoms with Gasteiger partial charge in [0.15, 0.2) is 11.5 Å². The number of hydrogen-bond acceptors (Lipinski definition) is 6. The van der Waals surface area contributed by atoms with E-state index in [4.69, 9.17) is 23.7 Å². The second kappa shape index (κ2) is 17.2.